The minimum atomic E-state index is -4.78. The van der Waals surface area contributed by atoms with E-state index in [1.807, 2.05) is 0 Å². The normalized spacial score (nSPS) is 11.5. The van der Waals surface area contributed by atoms with Crippen LogP contribution in [0.2, 0.25) is 0 Å². The standard InChI is InChI=1S/C14H9F3N4O3/c1-23-13(22)12-11(19-21-20-12)10-5-8-4-9(24-14(15,16)17)3-2-7(8)6-18-10/h2-6H,1H3,(H,19,20,21). The third-order valence-electron chi connectivity index (χ3n) is 3.11. The van der Waals surface area contributed by atoms with Gasteiger partial charge in [-0.05, 0) is 29.7 Å². The van der Waals surface area contributed by atoms with Gasteiger partial charge in [0, 0.05) is 11.6 Å². The summed E-state index contributed by atoms with van der Waals surface area (Å²) in [7, 11) is 1.20. The molecule has 3 rings (SSSR count). The highest BCUT2D eigenvalue weighted by Crippen LogP contribution is 2.28. The van der Waals surface area contributed by atoms with Gasteiger partial charge < -0.3 is 9.47 Å². The molecule has 7 nitrogen and oxygen atoms in total. The van der Waals surface area contributed by atoms with Gasteiger partial charge in [-0.3, -0.25) is 10.1 Å². The number of hydrogen-bond acceptors (Lipinski definition) is 6. The Balaban J connectivity index is 2.04. The van der Waals surface area contributed by atoms with Gasteiger partial charge in [-0.1, -0.05) is 5.21 Å². The van der Waals surface area contributed by atoms with E-state index in [2.05, 4.69) is 29.9 Å². The number of hydrogen-bond donors (Lipinski definition) is 1. The number of carbonyl (C=O) groups is 1. The Morgan fingerprint density at radius 2 is 2.00 bits per heavy atom. The zero-order valence-corrected chi connectivity index (χ0v) is 12.1. The molecule has 2 heterocycles. The number of fused-ring (bicyclic) bond motifs is 1. The average molecular weight is 338 g/mol. The Morgan fingerprint density at radius 1 is 1.21 bits per heavy atom. The van der Waals surface area contributed by atoms with Crippen LogP contribution in [-0.4, -0.2) is 39.8 Å². The van der Waals surface area contributed by atoms with E-state index in [4.69, 9.17) is 0 Å². The molecule has 0 saturated heterocycles. The van der Waals surface area contributed by atoms with Crippen molar-refractivity contribution in [1.29, 1.82) is 0 Å². The maximum Gasteiger partial charge on any atom is 0.573 e. The number of pyridine rings is 1. The first-order valence-corrected chi connectivity index (χ1v) is 6.52. The van der Waals surface area contributed by atoms with Gasteiger partial charge in [0.1, 0.15) is 11.4 Å². The number of nitrogens with one attached hydrogen (secondary N) is 1. The predicted octanol–water partition coefficient (Wildman–Crippen LogP) is 2.71. The van der Waals surface area contributed by atoms with Crippen molar-refractivity contribution in [3.8, 4) is 17.1 Å². The molecule has 0 radical (unpaired) electrons. The molecule has 10 heteroatoms. The van der Waals surface area contributed by atoms with Gasteiger partial charge in [0.2, 0.25) is 0 Å². The number of rotatable bonds is 3. The van der Waals surface area contributed by atoms with Crippen LogP contribution in [0.4, 0.5) is 13.2 Å². The molecule has 0 atom stereocenters. The summed E-state index contributed by atoms with van der Waals surface area (Å²) in [5, 5.41) is 10.7. The number of H-pyrrole nitrogens is 1. The maximum absolute atomic E-state index is 12.3. The smallest absolute Gasteiger partial charge is 0.464 e. The number of aromatic amines is 1. The maximum atomic E-state index is 12.3. The highest BCUT2D eigenvalue weighted by molar-refractivity contribution is 5.94. The lowest BCUT2D eigenvalue weighted by atomic mass is 10.1. The molecule has 2 aromatic heterocycles. The van der Waals surface area contributed by atoms with Gasteiger partial charge in [0.05, 0.1) is 12.8 Å². The van der Waals surface area contributed by atoms with Crippen molar-refractivity contribution in [2.45, 2.75) is 6.36 Å². The summed E-state index contributed by atoms with van der Waals surface area (Å²) >= 11 is 0. The van der Waals surface area contributed by atoms with E-state index >= 15 is 0 Å². The van der Waals surface area contributed by atoms with Crippen LogP contribution in [0.5, 0.6) is 5.75 Å². The molecule has 0 aliphatic heterocycles. The Labute approximate surface area is 132 Å². The zero-order chi connectivity index (χ0) is 17.3. The molecular formula is C14H9F3N4O3. The van der Waals surface area contributed by atoms with E-state index in [-0.39, 0.29) is 22.8 Å². The second-order valence-corrected chi connectivity index (χ2v) is 4.65. The molecular weight excluding hydrogens is 329 g/mol. The average Bonchev–Trinajstić information content (AvgIpc) is 3.01. The summed E-state index contributed by atoms with van der Waals surface area (Å²) in [5.74, 6) is -1.05. The molecule has 0 spiro atoms. The van der Waals surface area contributed by atoms with Crippen molar-refractivity contribution >= 4 is 16.7 Å². The molecule has 3 aromatic rings. The van der Waals surface area contributed by atoms with Gasteiger partial charge in [-0.25, -0.2) is 4.79 Å². The van der Waals surface area contributed by atoms with Gasteiger partial charge in [-0.15, -0.1) is 18.3 Å². The second-order valence-electron chi connectivity index (χ2n) is 4.65. The minimum absolute atomic E-state index is 0.00736. The highest BCUT2D eigenvalue weighted by Gasteiger charge is 2.31. The van der Waals surface area contributed by atoms with E-state index < -0.39 is 12.3 Å². The van der Waals surface area contributed by atoms with Gasteiger partial charge in [-0.2, -0.15) is 0 Å². The number of methoxy groups -OCH3 is 1. The Bertz CT molecular complexity index is 908. The quantitative estimate of drug-likeness (QED) is 0.739. The SMILES string of the molecule is COC(=O)c1[nH]nnc1-c1cc2cc(OC(F)(F)F)ccc2cn1. The zero-order valence-electron chi connectivity index (χ0n) is 12.1. The summed E-state index contributed by atoms with van der Waals surface area (Å²) < 4.78 is 45.4. The summed E-state index contributed by atoms with van der Waals surface area (Å²) in [6, 6.07) is 5.32. The first-order valence-electron chi connectivity index (χ1n) is 6.52. The molecule has 0 saturated carbocycles. The van der Waals surface area contributed by atoms with Crippen molar-refractivity contribution in [1.82, 2.24) is 20.4 Å². The van der Waals surface area contributed by atoms with Crippen LogP contribution >= 0.6 is 0 Å². The monoisotopic (exact) mass is 338 g/mol. The Hall–Kier alpha value is -3.17. The largest absolute Gasteiger partial charge is 0.573 e. The van der Waals surface area contributed by atoms with Gasteiger partial charge in [0.15, 0.2) is 5.69 Å². The van der Waals surface area contributed by atoms with E-state index in [1.165, 1.54) is 37.6 Å². The molecule has 0 fully saturated rings. The Morgan fingerprint density at radius 3 is 2.71 bits per heavy atom. The lowest BCUT2D eigenvalue weighted by Gasteiger charge is -2.09. The lowest BCUT2D eigenvalue weighted by molar-refractivity contribution is -0.274. The topological polar surface area (TPSA) is 90.0 Å². The molecule has 1 N–H and O–H groups in total. The summed E-state index contributed by atoms with van der Waals surface area (Å²) in [5.41, 5.74) is 0.374. The predicted molar refractivity (Wildman–Crippen MR) is 75.1 cm³/mol. The summed E-state index contributed by atoms with van der Waals surface area (Å²) in [4.78, 5) is 15.8. The van der Waals surface area contributed by atoms with Crippen LogP contribution in [0.15, 0.2) is 30.5 Å². The van der Waals surface area contributed by atoms with Gasteiger partial charge >= 0.3 is 12.3 Å². The summed E-state index contributed by atoms with van der Waals surface area (Å²) in [6.07, 6.45) is -3.34. The number of alkyl halides is 3. The van der Waals surface area contributed by atoms with E-state index in [0.29, 0.717) is 10.8 Å². The van der Waals surface area contributed by atoms with Crippen LogP contribution in [0.3, 0.4) is 0 Å². The number of esters is 1. The number of carbonyl (C=O) groups excluding carboxylic acids is 1. The van der Waals surface area contributed by atoms with Crippen LogP contribution in [-0.2, 0) is 4.74 Å². The second kappa shape index (κ2) is 5.80. The fourth-order valence-corrected chi connectivity index (χ4v) is 2.10. The third kappa shape index (κ3) is 3.12. The molecule has 0 bridgehead atoms. The molecule has 124 valence electrons. The molecule has 0 aliphatic rings. The molecule has 0 aliphatic carbocycles. The van der Waals surface area contributed by atoms with E-state index in [9.17, 15) is 18.0 Å². The van der Waals surface area contributed by atoms with Crippen molar-refractivity contribution in [2.75, 3.05) is 7.11 Å². The van der Waals surface area contributed by atoms with E-state index in [1.54, 1.807) is 0 Å². The van der Waals surface area contributed by atoms with Crippen molar-refractivity contribution in [3.05, 3.63) is 36.2 Å². The number of halogens is 3. The molecule has 0 amide bonds. The fourth-order valence-electron chi connectivity index (χ4n) is 2.10. The van der Waals surface area contributed by atoms with Crippen molar-refractivity contribution < 1.29 is 27.4 Å². The van der Waals surface area contributed by atoms with Crippen LogP contribution in [0.1, 0.15) is 10.5 Å². The van der Waals surface area contributed by atoms with E-state index in [0.717, 1.165) is 0 Å². The first kappa shape index (κ1) is 15.7. The van der Waals surface area contributed by atoms with Crippen LogP contribution < -0.4 is 4.74 Å². The number of aromatic nitrogens is 4. The Kier molecular flexibility index (Phi) is 3.80. The molecule has 24 heavy (non-hydrogen) atoms. The number of nitrogens with zero attached hydrogens (tertiary/aromatic N) is 3. The van der Waals surface area contributed by atoms with Gasteiger partial charge in [0.25, 0.3) is 0 Å². The van der Waals surface area contributed by atoms with Crippen LogP contribution in [0.25, 0.3) is 22.2 Å². The number of ether oxygens (including phenoxy) is 2. The summed E-state index contributed by atoms with van der Waals surface area (Å²) in [6.45, 7) is 0. The fraction of sp³-hybridized carbons (Fsp3) is 0.143. The van der Waals surface area contributed by atoms with Crippen molar-refractivity contribution in [2.24, 2.45) is 0 Å². The molecule has 1 aromatic carbocycles. The minimum Gasteiger partial charge on any atom is -0.464 e. The molecule has 0 unspecified atom stereocenters. The highest BCUT2D eigenvalue weighted by atomic mass is 19.4. The lowest BCUT2D eigenvalue weighted by Crippen LogP contribution is -2.16. The number of benzene rings is 1. The first-order chi connectivity index (χ1) is 11.4. The third-order valence-corrected chi connectivity index (χ3v) is 3.11. The van der Waals surface area contributed by atoms with Crippen molar-refractivity contribution in [3.63, 3.8) is 0 Å². The van der Waals surface area contributed by atoms with Crippen LogP contribution in [0, 0.1) is 0 Å².